The van der Waals surface area contributed by atoms with Crippen LogP contribution in [0.25, 0.3) is 0 Å². The molecule has 94 valence electrons. The summed E-state index contributed by atoms with van der Waals surface area (Å²) in [7, 11) is 0. The molecule has 4 heteroatoms. The summed E-state index contributed by atoms with van der Waals surface area (Å²) in [4.78, 5) is 2.18. The number of hydrogen-bond acceptors (Lipinski definition) is 2. The average Bonchev–Trinajstić information content (AvgIpc) is 2.22. The van der Waals surface area contributed by atoms with Gasteiger partial charge in [0.05, 0.1) is 0 Å². The van der Waals surface area contributed by atoms with Crippen LogP contribution in [0.15, 0.2) is 18.2 Å². The zero-order chi connectivity index (χ0) is 12.4. The van der Waals surface area contributed by atoms with Crippen molar-refractivity contribution in [2.24, 2.45) is 11.7 Å². The quantitative estimate of drug-likeness (QED) is 0.882. The summed E-state index contributed by atoms with van der Waals surface area (Å²) in [5.41, 5.74) is 6.56. The Bertz CT molecular complexity index is 367. The lowest BCUT2D eigenvalue weighted by Gasteiger charge is -2.34. The molecule has 0 radical (unpaired) electrons. The minimum absolute atomic E-state index is 0.185. The lowest BCUT2D eigenvalue weighted by Crippen LogP contribution is -2.45. The fourth-order valence-electron chi connectivity index (χ4n) is 2.55. The summed E-state index contributed by atoms with van der Waals surface area (Å²) >= 11 is 6.02. The van der Waals surface area contributed by atoms with Crippen LogP contribution in [0.1, 0.15) is 18.9 Å². The summed E-state index contributed by atoms with van der Waals surface area (Å²) in [6.07, 6.45) is 1.04. The van der Waals surface area contributed by atoms with Crippen LogP contribution in [0.2, 0.25) is 5.02 Å². The molecule has 2 unspecified atom stereocenters. The van der Waals surface area contributed by atoms with E-state index in [1.54, 1.807) is 12.1 Å². The van der Waals surface area contributed by atoms with Crippen molar-refractivity contribution in [3.8, 4) is 0 Å². The van der Waals surface area contributed by atoms with Gasteiger partial charge in [-0.25, -0.2) is 4.39 Å². The number of halogens is 2. The van der Waals surface area contributed by atoms with Gasteiger partial charge in [-0.2, -0.15) is 0 Å². The van der Waals surface area contributed by atoms with Crippen molar-refractivity contribution in [3.05, 3.63) is 34.6 Å². The molecular weight excluding hydrogens is 239 g/mol. The highest BCUT2D eigenvalue weighted by Crippen LogP contribution is 2.23. The molecule has 1 saturated heterocycles. The van der Waals surface area contributed by atoms with Gasteiger partial charge in [0, 0.05) is 36.3 Å². The summed E-state index contributed by atoms with van der Waals surface area (Å²) in [5, 5.41) is 0.497. The van der Waals surface area contributed by atoms with E-state index < -0.39 is 0 Å². The Kier molecular flexibility index (Phi) is 4.02. The average molecular weight is 257 g/mol. The van der Waals surface area contributed by atoms with Crippen molar-refractivity contribution < 1.29 is 4.39 Å². The van der Waals surface area contributed by atoms with Crippen molar-refractivity contribution >= 4 is 11.6 Å². The Morgan fingerprint density at radius 2 is 2.24 bits per heavy atom. The minimum atomic E-state index is -0.232. The van der Waals surface area contributed by atoms with Crippen LogP contribution >= 0.6 is 11.6 Å². The Labute approximate surface area is 107 Å². The van der Waals surface area contributed by atoms with Crippen LogP contribution in [0.4, 0.5) is 4.39 Å². The molecule has 1 fully saturated rings. The number of nitrogens with zero attached hydrogens (tertiary/aromatic N) is 1. The van der Waals surface area contributed by atoms with Gasteiger partial charge in [0.2, 0.25) is 0 Å². The van der Waals surface area contributed by atoms with E-state index in [1.807, 2.05) is 0 Å². The zero-order valence-corrected chi connectivity index (χ0v) is 10.8. The topological polar surface area (TPSA) is 29.3 Å². The van der Waals surface area contributed by atoms with Crippen LogP contribution < -0.4 is 5.73 Å². The SMILES string of the molecule is CC1CC(N)CN(Cc2c(F)cccc2Cl)C1. The molecule has 0 saturated carbocycles. The zero-order valence-electron chi connectivity index (χ0n) is 10.00. The molecule has 1 aliphatic rings. The Morgan fingerprint density at radius 1 is 1.47 bits per heavy atom. The highest BCUT2D eigenvalue weighted by atomic mass is 35.5. The molecule has 1 aromatic rings. The van der Waals surface area contributed by atoms with Gasteiger partial charge in [0.25, 0.3) is 0 Å². The van der Waals surface area contributed by atoms with Gasteiger partial charge in [0.15, 0.2) is 0 Å². The van der Waals surface area contributed by atoms with Gasteiger partial charge in [-0.15, -0.1) is 0 Å². The summed E-state index contributed by atoms with van der Waals surface area (Å²) in [5.74, 6) is 0.327. The van der Waals surface area contributed by atoms with Crippen molar-refractivity contribution in [2.45, 2.75) is 25.9 Å². The third-order valence-electron chi connectivity index (χ3n) is 3.21. The predicted molar refractivity (Wildman–Crippen MR) is 68.4 cm³/mol. The Hall–Kier alpha value is -0.640. The van der Waals surface area contributed by atoms with Crippen molar-refractivity contribution in [2.75, 3.05) is 13.1 Å². The molecule has 1 heterocycles. The van der Waals surface area contributed by atoms with Gasteiger partial charge in [-0.05, 0) is 24.5 Å². The summed E-state index contributed by atoms with van der Waals surface area (Å²) in [6, 6.07) is 5.00. The fraction of sp³-hybridized carbons (Fsp3) is 0.538. The summed E-state index contributed by atoms with van der Waals surface area (Å²) in [6.45, 7) is 4.49. The smallest absolute Gasteiger partial charge is 0.129 e. The summed E-state index contributed by atoms with van der Waals surface area (Å²) < 4.78 is 13.7. The number of likely N-dealkylation sites (tertiary alicyclic amines) is 1. The first kappa shape index (κ1) is 12.8. The fourth-order valence-corrected chi connectivity index (χ4v) is 2.77. The van der Waals surface area contributed by atoms with Crippen LogP contribution in [-0.4, -0.2) is 24.0 Å². The number of hydrogen-bond donors (Lipinski definition) is 1. The van der Waals surface area contributed by atoms with Crippen LogP contribution in [0, 0.1) is 11.7 Å². The first-order chi connectivity index (χ1) is 8.06. The highest BCUT2D eigenvalue weighted by Gasteiger charge is 2.23. The molecule has 0 spiro atoms. The van der Waals surface area contributed by atoms with Gasteiger partial charge in [-0.1, -0.05) is 24.6 Å². The van der Waals surface area contributed by atoms with Crippen molar-refractivity contribution in [1.82, 2.24) is 4.90 Å². The van der Waals surface area contributed by atoms with E-state index in [0.717, 1.165) is 19.5 Å². The van der Waals surface area contributed by atoms with Gasteiger partial charge >= 0.3 is 0 Å². The van der Waals surface area contributed by atoms with Crippen molar-refractivity contribution in [3.63, 3.8) is 0 Å². The number of rotatable bonds is 2. The maximum atomic E-state index is 13.7. The Morgan fingerprint density at radius 3 is 2.88 bits per heavy atom. The van der Waals surface area contributed by atoms with E-state index in [4.69, 9.17) is 17.3 Å². The first-order valence-corrected chi connectivity index (χ1v) is 6.35. The van der Waals surface area contributed by atoms with Gasteiger partial charge in [-0.3, -0.25) is 4.90 Å². The van der Waals surface area contributed by atoms with E-state index in [9.17, 15) is 4.39 Å². The van der Waals surface area contributed by atoms with Gasteiger partial charge in [0.1, 0.15) is 5.82 Å². The lowest BCUT2D eigenvalue weighted by molar-refractivity contribution is 0.157. The molecule has 2 atom stereocenters. The third-order valence-corrected chi connectivity index (χ3v) is 3.57. The number of benzene rings is 1. The maximum absolute atomic E-state index is 13.7. The van der Waals surface area contributed by atoms with E-state index in [2.05, 4.69) is 11.8 Å². The molecule has 1 aromatic carbocycles. The van der Waals surface area contributed by atoms with E-state index in [0.29, 0.717) is 23.0 Å². The molecule has 0 amide bonds. The monoisotopic (exact) mass is 256 g/mol. The van der Waals surface area contributed by atoms with Crippen LogP contribution in [0.5, 0.6) is 0 Å². The first-order valence-electron chi connectivity index (χ1n) is 5.97. The largest absolute Gasteiger partial charge is 0.327 e. The van der Waals surface area contributed by atoms with E-state index in [1.165, 1.54) is 6.07 Å². The predicted octanol–water partition coefficient (Wildman–Crippen LogP) is 2.65. The second kappa shape index (κ2) is 5.34. The molecule has 0 bridgehead atoms. The van der Waals surface area contributed by atoms with E-state index in [-0.39, 0.29) is 11.9 Å². The maximum Gasteiger partial charge on any atom is 0.129 e. The second-order valence-electron chi connectivity index (χ2n) is 5.00. The molecule has 0 aromatic heterocycles. The number of nitrogens with two attached hydrogens (primary N) is 1. The molecule has 17 heavy (non-hydrogen) atoms. The van der Waals surface area contributed by atoms with E-state index >= 15 is 0 Å². The highest BCUT2D eigenvalue weighted by molar-refractivity contribution is 6.31. The Balaban J connectivity index is 2.10. The molecule has 1 aliphatic heterocycles. The molecule has 2 N–H and O–H groups in total. The molecule has 2 nitrogen and oxygen atoms in total. The van der Waals surface area contributed by atoms with Gasteiger partial charge < -0.3 is 5.73 Å². The number of piperidine rings is 1. The minimum Gasteiger partial charge on any atom is -0.327 e. The van der Waals surface area contributed by atoms with Crippen LogP contribution in [-0.2, 0) is 6.54 Å². The standard InChI is InChI=1S/C13H18ClFN2/c1-9-5-10(16)7-17(6-9)8-11-12(14)3-2-4-13(11)15/h2-4,9-10H,5-8,16H2,1H3. The van der Waals surface area contributed by atoms with Crippen molar-refractivity contribution in [1.29, 1.82) is 0 Å². The second-order valence-corrected chi connectivity index (χ2v) is 5.40. The normalized spacial score (nSPS) is 26.1. The molecular formula is C13H18ClFN2. The van der Waals surface area contributed by atoms with Crippen LogP contribution in [0.3, 0.4) is 0 Å². The molecule has 2 rings (SSSR count). The molecule has 0 aliphatic carbocycles. The lowest BCUT2D eigenvalue weighted by atomic mass is 9.96. The third kappa shape index (κ3) is 3.18.